The molecule has 4 nitrogen and oxygen atoms in total. The Labute approximate surface area is 298 Å². The molecule has 11 aromatic rings. The topological polar surface area (TPSA) is 51.6 Å². The van der Waals surface area contributed by atoms with Crippen molar-refractivity contribution in [3.8, 4) is 33.6 Å². The summed E-state index contributed by atoms with van der Waals surface area (Å²) in [5.41, 5.74) is 9.65. The predicted octanol–water partition coefficient (Wildman–Crippen LogP) is 12.3. The highest BCUT2D eigenvalue weighted by Gasteiger charge is 2.15. The Morgan fingerprint density at radius 2 is 0.692 bits per heavy atom. The smallest absolute Gasteiger partial charge is 0.0972 e. The molecule has 0 aliphatic heterocycles. The third kappa shape index (κ3) is 4.48. The zero-order valence-electron chi connectivity index (χ0n) is 28.0. The lowest BCUT2D eigenvalue weighted by atomic mass is 9.91. The summed E-state index contributed by atoms with van der Waals surface area (Å²) in [4.78, 5) is 20.0. The lowest BCUT2D eigenvalue weighted by Crippen LogP contribution is -1.93. The second-order valence-electron chi connectivity index (χ2n) is 13.5. The van der Waals surface area contributed by atoms with Gasteiger partial charge in [0.25, 0.3) is 0 Å². The summed E-state index contributed by atoms with van der Waals surface area (Å²) in [5, 5.41) is 11.8. The van der Waals surface area contributed by atoms with Crippen molar-refractivity contribution in [3.63, 3.8) is 0 Å². The molecule has 0 spiro atoms. The van der Waals surface area contributed by atoms with Gasteiger partial charge in [-0.3, -0.25) is 9.97 Å². The van der Waals surface area contributed by atoms with Crippen LogP contribution in [0.5, 0.6) is 0 Å². The number of fused-ring (bicyclic) bond motifs is 12. The molecule has 0 radical (unpaired) electrons. The van der Waals surface area contributed by atoms with Crippen LogP contribution in [0.1, 0.15) is 0 Å². The van der Waals surface area contributed by atoms with Crippen LogP contribution in [0, 0.1) is 0 Å². The van der Waals surface area contributed by atoms with Crippen LogP contribution in [0.25, 0.3) is 110 Å². The zero-order chi connectivity index (χ0) is 34.2. The van der Waals surface area contributed by atoms with Gasteiger partial charge in [-0.15, -0.1) is 0 Å². The molecule has 0 N–H and O–H groups in total. The Morgan fingerprint density at radius 1 is 0.269 bits per heavy atom. The van der Waals surface area contributed by atoms with Gasteiger partial charge in [-0.05, 0) is 92.0 Å². The molecule has 0 aliphatic carbocycles. The number of pyridine rings is 4. The van der Waals surface area contributed by atoms with Crippen molar-refractivity contribution in [2.24, 2.45) is 0 Å². The first-order valence-corrected chi connectivity index (χ1v) is 17.5. The second-order valence-corrected chi connectivity index (χ2v) is 13.5. The highest BCUT2D eigenvalue weighted by Crippen LogP contribution is 2.39. The molecule has 0 amide bonds. The largest absolute Gasteiger partial charge is 0.254 e. The van der Waals surface area contributed by atoms with Gasteiger partial charge in [-0.1, -0.05) is 109 Å². The molecule has 11 rings (SSSR count). The van der Waals surface area contributed by atoms with E-state index in [-0.39, 0.29) is 0 Å². The maximum absolute atomic E-state index is 5.27. The van der Waals surface area contributed by atoms with E-state index in [9.17, 15) is 0 Å². The molecule has 0 bridgehead atoms. The van der Waals surface area contributed by atoms with Crippen LogP contribution in [-0.4, -0.2) is 19.9 Å². The fourth-order valence-corrected chi connectivity index (χ4v) is 7.95. The minimum absolute atomic E-state index is 0.888. The van der Waals surface area contributed by atoms with Crippen LogP contribution >= 0.6 is 0 Å². The van der Waals surface area contributed by atoms with Crippen LogP contribution in [0.3, 0.4) is 0 Å². The standard InChI is InChI=1S/C48H28N4/c1-2-11-39-37(9-1)38-10-3-4-12-40(38)42-28-33(17-20-41(39)42)34-25-35(43-21-18-31-15-13-29-7-5-23-49-45(29)47(31)51-43)27-36(26-34)44-22-19-32-16-14-30-8-6-24-50-46(30)48(32)52-44/h1-28H. The van der Waals surface area contributed by atoms with Crippen LogP contribution in [-0.2, 0) is 0 Å². The number of hydrogen-bond acceptors (Lipinski definition) is 4. The molecule has 0 saturated heterocycles. The van der Waals surface area contributed by atoms with Crippen LogP contribution in [0.2, 0.25) is 0 Å². The highest BCUT2D eigenvalue weighted by atomic mass is 14.8. The predicted molar refractivity (Wildman–Crippen MR) is 216 cm³/mol. The summed E-state index contributed by atoms with van der Waals surface area (Å²) in [6.45, 7) is 0. The van der Waals surface area contributed by atoms with E-state index in [1.807, 2.05) is 24.5 Å². The molecular weight excluding hydrogens is 633 g/mol. The number of hydrogen-bond donors (Lipinski definition) is 0. The van der Waals surface area contributed by atoms with E-state index in [2.05, 4.69) is 146 Å². The van der Waals surface area contributed by atoms with Crippen molar-refractivity contribution in [1.82, 2.24) is 19.9 Å². The number of aromatic nitrogens is 4. The summed E-state index contributed by atoms with van der Waals surface area (Å²) >= 11 is 0. The Bertz CT molecular complexity index is 3080. The molecule has 0 unspecified atom stereocenters. The molecule has 4 heteroatoms. The van der Waals surface area contributed by atoms with E-state index in [1.165, 1.54) is 32.3 Å². The Balaban J connectivity index is 1.17. The van der Waals surface area contributed by atoms with Gasteiger partial charge in [-0.2, -0.15) is 0 Å². The fourth-order valence-electron chi connectivity index (χ4n) is 7.95. The Morgan fingerprint density at radius 3 is 1.21 bits per heavy atom. The molecule has 0 aliphatic rings. The van der Waals surface area contributed by atoms with Gasteiger partial charge >= 0.3 is 0 Å². The average molecular weight is 661 g/mol. The number of benzene rings is 7. The van der Waals surface area contributed by atoms with E-state index in [0.29, 0.717) is 0 Å². The molecule has 0 saturated carbocycles. The highest BCUT2D eigenvalue weighted by molar-refractivity contribution is 6.25. The molecular formula is C48H28N4. The Kier molecular flexibility index (Phi) is 6.22. The summed E-state index contributed by atoms with van der Waals surface area (Å²) in [7, 11) is 0. The summed E-state index contributed by atoms with van der Waals surface area (Å²) in [5.74, 6) is 0. The molecule has 4 heterocycles. The SMILES string of the molecule is c1cnc2c(c1)ccc1ccc(-c3cc(-c4ccc5c6ccccc6c6ccccc6c5c4)cc(-c4ccc5ccc6cccnc6c5n4)c3)nc12. The van der Waals surface area contributed by atoms with Crippen molar-refractivity contribution >= 4 is 75.9 Å². The first-order chi connectivity index (χ1) is 25.7. The quantitative estimate of drug-likeness (QED) is 0.177. The lowest BCUT2D eigenvalue weighted by Gasteiger charge is -2.14. The van der Waals surface area contributed by atoms with E-state index in [4.69, 9.17) is 19.9 Å². The van der Waals surface area contributed by atoms with E-state index in [1.54, 1.807) is 0 Å². The molecule has 0 atom stereocenters. The van der Waals surface area contributed by atoms with Gasteiger partial charge in [0.1, 0.15) is 0 Å². The lowest BCUT2D eigenvalue weighted by molar-refractivity contribution is 1.36. The van der Waals surface area contributed by atoms with Gasteiger partial charge in [-0.25, -0.2) is 9.97 Å². The molecule has 240 valence electrons. The van der Waals surface area contributed by atoms with Gasteiger partial charge in [0.15, 0.2) is 0 Å². The van der Waals surface area contributed by atoms with E-state index >= 15 is 0 Å². The number of rotatable bonds is 3. The third-order valence-electron chi connectivity index (χ3n) is 10.5. The molecule has 52 heavy (non-hydrogen) atoms. The minimum Gasteiger partial charge on any atom is -0.254 e. The summed E-state index contributed by atoms with van der Waals surface area (Å²) in [6, 6.07) is 56.2. The molecule has 4 aromatic heterocycles. The first-order valence-electron chi connectivity index (χ1n) is 17.5. The van der Waals surface area contributed by atoms with Gasteiger partial charge in [0.2, 0.25) is 0 Å². The van der Waals surface area contributed by atoms with Gasteiger partial charge < -0.3 is 0 Å². The van der Waals surface area contributed by atoms with E-state index in [0.717, 1.165) is 77.3 Å². The molecule has 0 fully saturated rings. The monoisotopic (exact) mass is 660 g/mol. The first kappa shape index (κ1) is 28.8. The van der Waals surface area contributed by atoms with Crippen LogP contribution in [0.4, 0.5) is 0 Å². The normalized spacial score (nSPS) is 11.8. The minimum atomic E-state index is 0.888. The molecule has 7 aromatic carbocycles. The average Bonchev–Trinajstić information content (AvgIpc) is 3.23. The van der Waals surface area contributed by atoms with Crippen LogP contribution in [0.15, 0.2) is 170 Å². The zero-order valence-corrected chi connectivity index (χ0v) is 28.0. The van der Waals surface area contributed by atoms with Crippen molar-refractivity contribution in [2.45, 2.75) is 0 Å². The van der Waals surface area contributed by atoms with Crippen molar-refractivity contribution in [2.75, 3.05) is 0 Å². The van der Waals surface area contributed by atoms with E-state index < -0.39 is 0 Å². The third-order valence-corrected chi connectivity index (χ3v) is 10.5. The van der Waals surface area contributed by atoms with Crippen molar-refractivity contribution in [3.05, 3.63) is 170 Å². The summed E-state index contributed by atoms with van der Waals surface area (Å²) in [6.07, 6.45) is 3.68. The van der Waals surface area contributed by atoms with Crippen molar-refractivity contribution in [1.29, 1.82) is 0 Å². The van der Waals surface area contributed by atoms with Crippen molar-refractivity contribution < 1.29 is 0 Å². The maximum atomic E-state index is 5.27. The second kappa shape index (κ2) is 11.2. The maximum Gasteiger partial charge on any atom is 0.0972 e. The number of nitrogens with zero attached hydrogens (tertiary/aromatic N) is 4. The van der Waals surface area contributed by atoms with Gasteiger partial charge in [0.05, 0.1) is 33.5 Å². The Hall–Kier alpha value is -7.04. The van der Waals surface area contributed by atoms with Gasteiger partial charge in [0, 0.05) is 45.1 Å². The summed E-state index contributed by atoms with van der Waals surface area (Å²) < 4.78 is 0. The fraction of sp³-hybridized carbons (Fsp3) is 0. The van der Waals surface area contributed by atoms with Crippen LogP contribution < -0.4 is 0 Å².